The minimum absolute atomic E-state index is 0.0389. The van der Waals surface area contributed by atoms with E-state index in [1.807, 2.05) is 0 Å². The number of nitrogens with one attached hydrogen (secondary N) is 1. The van der Waals surface area contributed by atoms with Gasteiger partial charge in [-0.2, -0.15) is 0 Å². The highest BCUT2D eigenvalue weighted by molar-refractivity contribution is 5.79. The zero-order chi connectivity index (χ0) is 15.2. The van der Waals surface area contributed by atoms with Gasteiger partial charge in [-0.05, 0) is 57.5 Å². The first-order valence-electron chi connectivity index (χ1n) is 7.26. The molecule has 1 aliphatic rings. The Kier molecular flexibility index (Phi) is 5.27. The number of nitro benzene ring substituents is 1. The average molecular weight is 291 g/mol. The van der Waals surface area contributed by atoms with Gasteiger partial charge in [0.05, 0.1) is 4.92 Å². The summed E-state index contributed by atoms with van der Waals surface area (Å²) in [5.41, 5.74) is 0.768. The minimum atomic E-state index is -0.453. The van der Waals surface area contributed by atoms with Gasteiger partial charge in [0, 0.05) is 18.2 Å². The number of anilines is 1. The van der Waals surface area contributed by atoms with Crippen molar-refractivity contribution in [1.82, 2.24) is 4.90 Å². The first kappa shape index (κ1) is 15.4. The van der Waals surface area contributed by atoms with Gasteiger partial charge >= 0.3 is 0 Å². The summed E-state index contributed by atoms with van der Waals surface area (Å²) in [6.45, 7) is 2.97. The van der Waals surface area contributed by atoms with E-state index in [0.29, 0.717) is 23.5 Å². The molecule has 6 nitrogen and oxygen atoms in total. The Morgan fingerprint density at radius 3 is 2.76 bits per heavy atom. The second-order valence-electron chi connectivity index (χ2n) is 5.61. The topological polar surface area (TPSA) is 75.5 Å². The van der Waals surface area contributed by atoms with Crippen LogP contribution in [0.1, 0.15) is 29.6 Å². The first-order valence-corrected chi connectivity index (χ1v) is 7.26. The predicted molar refractivity (Wildman–Crippen MR) is 81.8 cm³/mol. The lowest BCUT2D eigenvalue weighted by Crippen LogP contribution is -2.30. The Labute approximate surface area is 124 Å². The molecule has 0 amide bonds. The van der Waals surface area contributed by atoms with Gasteiger partial charge < -0.3 is 10.2 Å². The van der Waals surface area contributed by atoms with Crippen LogP contribution in [0.5, 0.6) is 0 Å². The normalized spacial score (nSPS) is 16.6. The highest BCUT2D eigenvalue weighted by Gasteiger charge is 2.18. The highest BCUT2D eigenvalue weighted by atomic mass is 16.6. The van der Waals surface area contributed by atoms with Gasteiger partial charge in [-0.25, -0.2) is 0 Å². The molecule has 1 aliphatic heterocycles. The number of aldehydes is 1. The van der Waals surface area contributed by atoms with Crippen molar-refractivity contribution in [3.63, 3.8) is 0 Å². The summed E-state index contributed by atoms with van der Waals surface area (Å²) in [4.78, 5) is 23.6. The van der Waals surface area contributed by atoms with Crippen molar-refractivity contribution < 1.29 is 9.72 Å². The third-order valence-electron chi connectivity index (χ3n) is 4.06. The van der Waals surface area contributed by atoms with Crippen molar-refractivity contribution in [3.8, 4) is 0 Å². The lowest BCUT2D eigenvalue weighted by molar-refractivity contribution is -0.384. The summed E-state index contributed by atoms with van der Waals surface area (Å²) in [7, 11) is 2.13. The van der Waals surface area contributed by atoms with Gasteiger partial charge in [0.2, 0.25) is 0 Å². The zero-order valence-corrected chi connectivity index (χ0v) is 12.2. The number of carbonyl (C=O) groups excluding carboxylic acids is 1. The third kappa shape index (κ3) is 4.26. The fraction of sp³-hybridized carbons (Fsp3) is 0.533. The Hall–Kier alpha value is -1.95. The van der Waals surface area contributed by atoms with Crippen LogP contribution >= 0.6 is 0 Å². The Bertz CT molecular complexity index is 511. The number of hydrogen-bond donors (Lipinski definition) is 1. The van der Waals surface area contributed by atoms with E-state index in [2.05, 4.69) is 17.3 Å². The fourth-order valence-corrected chi connectivity index (χ4v) is 2.68. The van der Waals surface area contributed by atoms with Crippen LogP contribution in [0.2, 0.25) is 0 Å². The van der Waals surface area contributed by atoms with Crippen LogP contribution in [0.15, 0.2) is 18.2 Å². The number of nitrogens with zero attached hydrogens (tertiary/aromatic N) is 2. The number of benzene rings is 1. The summed E-state index contributed by atoms with van der Waals surface area (Å²) in [6, 6.07) is 4.51. The van der Waals surface area contributed by atoms with Crippen LogP contribution in [-0.4, -0.2) is 42.8 Å². The van der Waals surface area contributed by atoms with E-state index in [9.17, 15) is 14.9 Å². The molecule has 2 rings (SSSR count). The number of piperidine rings is 1. The van der Waals surface area contributed by atoms with Gasteiger partial charge in [0.1, 0.15) is 12.0 Å². The minimum Gasteiger partial charge on any atom is -0.379 e. The predicted octanol–water partition coefficient (Wildman–Crippen LogP) is 2.55. The second-order valence-corrected chi connectivity index (χ2v) is 5.61. The summed E-state index contributed by atoms with van der Waals surface area (Å²) >= 11 is 0. The smallest absolute Gasteiger partial charge is 0.293 e. The molecule has 0 saturated carbocycles. The van der Waals surface area contributed by atoms with E-state index in [1.54, 1.807) is 12.1 Å². The van der Waals surface area contributed by atoms with E-state index in [-0.39, 0.29) is 5.69 Å². The van der Waals surface area contributed by atoms with Crippen molar-refractivity contribution in [2.75, 3.05) is 32.0 Å². The van der Waals surface area contributed by atoms with E-state index >= 15 is 0 Å². The average Bonchev–Trinajstić information content (AvgIpc) is 2.49. The molecule has 1 heterocycles. The molecule has 1 aromatic carbocycles. The van der Waals surface area contributed by atoms with Gasteiger partial charge in [-0.3, -0.25) is 14.9 Å². The number of carbonyl (C=O) groups is 1. The summed E-state index contributed by atoms with van der Waals surface area (Å²) in [5, 5.41) is 14.2. The molecule has 1 aromatic rings. The number of nitro groups is 1. The molecule has 1 saturated heterocycles. The molecule has 0 spiro atoms. The Morgan fingerprint density at radius 1 is 1.43 bits per heavy atom. The van der Waals surface area contributed by atoms with E-state index in [1.165, 1.54) is 18.9 Å². The molecule has 0 bridgehead atoms. The van der Waals surface area contributed by atoms with Crippen LogP contribution in [0.4, 0.5) is 11.4 Å². The largest absolute Gasteiger partial charge is 0.379 e. The van der Waals surface area contributed by atoms with Gasteiger partial charge in [-0.15, -0.1) is 0 Å². The molecule has 1 N–H and O–H groups in total. The first-order chi connectivity index (χ1) is 10.1. The quantitative estimate of drug-likeness (QED) is 0.495. The molecular weight excluding hydrogens is 270 g/mol. The molecule has 1 fully saturated rings. The molecule has 0 atom stereocenters. The van der Waals surface area contributed by atoms with Crippen LogP contribution in [0.25, 0.3) is 0 Å². The second kappa shape index (κ2) is 7.17. The van der Waals surface area contributed by atoms with E-state index in [0.717, 1.165) is 26.1 Å². The van der Waals surface area contributed by atoms with Crippen molar-refractivity contribution >= 4 is 17.7 Å². The third-order valence-corrected chi connectivity index (χ3v) is 4.06. The van der Waals surface area contributed by atoms with Crippen LogP contribution in [0, 0.1) is 16.0 Å². The van der Waals surface area contributed by atoms with Crippen LogP contribution in [0.3, 0.4) is 0 Å². The van der Waals surface area contributed by atoms with E-state index < -0.39 is 4.92 Å². The lowest BCUT2D eigenvalue weighted by atomic mass is 9.94. The SMILES string of the molecule is CN1CCC(CCNc2ccc(C=O)cc2[N+](=O)[O-])CC1. The standard InChI is InChI=1S/C15H21N3O3/c1-17-8-5-12(6-9-17)4-7-16-14-3-2-13(11-19)10-15(14)18(20)21/h2-3,10-12,16H,4-9H2,1H3. The van der Waals surface area contributed by atoms with E-state index in [4.69, 9.17) is 0 Å². The molecule has 114 valence electrons. The maximum atomic E-state index is 11.0. The fourth-order valence-electron chi connectivity index (χ4n) is 2.68. The molecule has 0 unspecified atom stereocenters. The molecule has 0 aliphatic carbocycles. The molecule has 21 heavy (non-hydrogen) atoms. The lowest BCUT2D eigenvalue weighted by Gasteiger charge is -2.28. The van der Waals surface area contributed by atoms with Gasteiger partial charge in [0.15, 0.2) is 0 Å². The van der Waals surface area contributed by atoms with Crippen molar-refractivity contribution in [2.45, 2.75) is 19.3 Å². The van der Waals surface area contributed by atoms with Crippen molar-refractivity contribution in [3.05, 3.63) is 33.9 Å². The Balaban J connectivity index is 1.90. The maximum absolute atomic E-state index is 11.0. The summed E-state index contributed by atoms with van der Waals surface area (Å²) < 4.78 is 0. The van der Waals surface area contributed by atoms with Crippen LogP contribution < -0.4 is 5.32 Å². The summed E-state index contributed by atoms with van der Waals surface area (Å²) in [6.07, 6.45) is 4.00. The van der Waals surface area contributed by atoms with Crippen molar-refractivity contribution in [2.24, 2.45) is 5.92 Å². The number of hydrogen-bond acceptors (Lipinski definition) is 5. The molecule has 0 radical (unpaired) electrons. The van der Waals surface area contributed by atoms with Crippen molar-refractivity contribution in [1.29, 1.82) is 0 Å². The summed E-state index contributed by atoms with van der Waals surface area (Å²) in [5.74, 6) is 0.682. The highest BCUT2D eigenvalue weighted by Crippen LogP contribution is 2.26. The molecule has 6 heteroatoms. The number of rotatable bonds is 6. The maximum Gasteiger partial charge on any atom is 0.293 e. The molecule has 0 aromatic heterocycles. The Morgan fingerprint density at radius 2 is 2.14 bits per heavy atom. The van der Waals surface area contributed by atoms with Gasteiger partial charge in [0.25, 0.3) is 5.69 Å². The zero-order valence-electron chi connectivity index (χ0n) is 12.2. The number of likely N-dealkylation sites (tertiary alicyclic amines) is 1. The van der Waals surface area contributed by atoms with Crippen LogP contribution in [-0.2, 0) is 0 Å². The van der Waals surface area contributed by atoms with Gasteiger partial charge in [-0.1, -0.05) is 0 Å². The molecular formula is C15H21N3O3. The monoisotopic (exact) mass is 291 g/mol.